The summed E-state index contributed by atoms with van der Waals surface area (Å²) in [5.41, 5.74) is 2.20. The highest BCUT2D eigenvalue weighted by Crippen LogP contribution is 2.57. The third-order valence-corrected chi connectivity index (χ3v) is 8.88. The number of benzene rings is 3. The molecule has 0 radical (unpaired) electrons. The van der Waals surface area contributed by atoms with Gasteiger partial charge in [0, 0.05) is 5.39 Å². The SMILES string of the molecule is C[C@]12CC[C@](OCc3ccccc3)(C(F)(F)F)C[C@H]1CCCc1cc3c(cnn3-c3ccc(F)cc3)cc12.N. The molecule has 3 atom stereocenters. The summed E-state index contributed by atoms with van der Waals surface area (Å²) < 4.78 is 64.9. The molecule has 4 aromatic rings. The zero-order valence-corrected chi connectivity index (χ0v) is 22.0. The molecular formula is C31H33F4N3O. The molecule has 3 N–H and O–H groups in total. The van der Waals surface area contributed by atoms with Gasteiger partial charge in [0.2, 0.25) is 0 Å². The van der Waals surface area contributed by atoms with Crippen LogP contribution in [0, 0.1) is 11.7 Å². The molecule has 6 rings (SSSR count). The van der Waals surface area contributed by atoms with Gasteiger partial charge in [-0.2, -0.15) is 18.3 Å². The molecule has 0 bridgehead atoms. The second kappa shape index (κ2) is 10.1. The van der Waals surface area contributed by atoms with Crippen LogP contribution in [0.1, 0.15) is 55.7 Å². The molecule has 0 aliphatic heterocycles. The zero-order chi connectivity index (χ0) is 26.5. The predicted octanol–water partition coefficient (Wildman–Crippen LogP) is 8.24. The Morgan fingerprint density at radius 3 is 2.49 bits per heavy atom. The van der Waals surface area contributed by atoms with Gasteiger partial charge < -0.3 is 10.9 Å². The van der Waals surface area contributed by atoms with Gasteiger partial charge in [0.1, 0.15) is 5.82 Å². The first-order valence-corrected chi connectivity index (χ1v) is 13.2. The molecule has 1 saturated carbocycles. The van der Waals surface area contributed by atoms with Gasteiger partial charge >= 0.3 is 6.18 Å². The van der Waals surface area contributed by atoms with E-state index in [-0.39, 0.29) is 42.7 Å². The van der Waals surface area contributed by atoms with Gasteiger partial charge in [-0.15, -0.1) is 0 Å². The highest BCUT2D eigenvalue weighted by Gasteiger charge is 2.61. The minimum atomic E-state index is -4.45. The van der Waals surface area contributed by atoms with Crippen LogP contribution < -0.4 is 6.15 Å². The molecule has 206 valence electrons. The number of fused-ring (bicyclic) bond motifs is 4. The smallest absolute Gasteiger partial charge is 0.361 e. The minimum absolute atomic E-state index is 0. The van der Waals surface area contributed by atoms with Crippen molar-refractivity contribution in [1.82, 2.24) is 15.9 Å². The number of rotatable bonds is 4. The number of aryl methyl sites for hydroxylation is 1. The number of hydrogen-bond acceptors (Lipinski definition) is 3. The molecule has 1 aromatic heterocycles. The molecule has 8 heteroatoms. The monoisotopic (exact) mass is 539 g/mol. The summed E-state index contributed by atoms with van der Waals surface area (Å²) in [6.45, 7) is 2.08. The first-order valence-electron chi connectivity index (χ1n) is 13.2. The number of halogens is 4. The van der Waals surface area contributed by atoms with Crippen molar-refractivity contribution in [3.8, 4) is 5.69 Å². The van der Waals surface area contributed by atoms with E-state index in [1.807, 2.05) is 18.2 Å². The Balaban J connectivity index is 0.00000308. The second-order valence-electron chi connectivity index (χ2n) is 11.1. The molecule has 0 unspecified atom stereocenters. The Morgan fingerprint density at radius 1 is 1.03 bits per heavy atom. The Labute approximate surface area is 225 Å². The Morgan fingerprint density at radius 2 is 1.77 bits per heavy atom. The first-order chi connectivity index (χ1) is 18.2. The van der Waals surface area contributed by atoms with Crippen LogP contribution in [-0.4, -0.2) is 21.6 Å². The van der Waals surface area contributed by atoms with Gasteiger partial charge in [0.05, 0.1) is 24.0 Å². The Bertz CT molecular complexity index is 1450. The average molecular weight is 540 g/mol. The van der Waals surface area contributed by atoms with Crippen LogP contribution in [0.5, 0.6) is 0 Å². The van der Waals surface area contributed by atoms with Crippen LogP contribution in [0.2, 0.25) is 0 Å². The van der Waals surface area contributed by atoms with Crippen LogP contribution >= 0.6 is 0 Å². The number of aromatic nitrogens is 2. The van der Waals surface area contributed by atoms with Crippen LogP contribution in [0.25, 0.3) is 16.6 Å². The van der Waals surface area contributed by atoms with E-state index in [0.29, 0.717) is 6.42 Å². The van der Waals surface area contributed by atoms with Gasteiger partial charge in [-0.3, -0.25) is 0 Å². The molecule has 0 spiro atoms. The van der Waals surface area contributed by atoms with E-state index >= 15 is 0 Å². The number of alkyl halides is 3. The summed E-state index contributed by atoms with van der Waals surface area (Å²) in [5.74, 6) is -0.461. The summed E-state index contributed by atoms with van der Waals surface area (Å²) in [6, 6.07) is 19.5. The van der Waals surface area contributed by atoms with Crippen molar-refractivity contribution in [2.75, 3.05) is 0 Å². The molecule has 3 aromatic carbocycles. The fourth-order valence-corrected chi connectivity index (χ4v) is 6.62. The highest BCUT2D eigenvalue weighted by atomic mass is 19.4. The van der Waals surface area contributed by atoms with Crippen LogP contribution in [-0.2, 0) is 23.2 Å². The van der Waals surface area contributed by atoms with E-state index in [1.165, 1.54) is 12.1 Å². The quantitative estimate of drug-likeness (QED) is 0.266. The van der Waals surface area contributed by atoms with Gasteiger partial charge in [-0.05, 0) is 103 Å². The minimum Gasteiger partial charge on any atom is -0.361 e. The van der Waals surface area contributed by atoms with Crippen molar-refractivity contribution in [3.05, 3.63) is 95.4 Å². The van der Waals surface area contributed by atoms with Crippen molar-refractivity contribution >= 4 is 10.9 Å². The zero-order valence-electron chi connectivity index (χ0n) is 22.0. The molecular weight excluding hydrogens is 506 g/mol. The van der Waals surface area contributed by atoms with E-state index in [4.69, 9.17) is 4.74 Å². The number of hydrogen-bond donors (Lipinski definition) is 1. The van der Waals surface area contributed by atoms with Crippen LogP contribution in [0.15, 0.2) is 72.9 Å². The normalized spacial score (nSPS) is 24.9. The topological polar surface area (TPSA) is 62.0 Å². The molecule has 39 heavy (non-hydrogen) atoms. The lowest BCUT2D eigenvalue weighted by Crippen LogP contribution is -2.55. The molecule has 0 saturated heterocycles. The van der Waals surface area contributed by atoms with Gasteiger partial charge in [-0.25, -0.2) is 9.07 Å². The summed E-state index contributed by atoms with van der Waals surface area (Å²) >= 11 is 0. The summed E-state index contributed by atoms with van der Waals surface area (Å²) in [7, 11) is 0. The van der Waals surface area contributed by atoms with E-state index in [1.54, 1.807) is 35.1 Å². The number of ether oxygens (including phenoxy) is 1. The Kier molecular flexibility index (Phi) is 7.06. The van der Waals surface area contributed by atoms with Gasteiger partial charge in [-0.1, -0.05) is 37.3 Å². The van der Waals surface area contributed by atoms with Crippen molar-refractivity contribution < 1.29 is 22.3 Å². The molecule has 4 nitrogen and oxygen atoms in total. The van der Waals surface area contributed by atoms with Crippen molar-refractivity contribution in [1.29, 1.82) is 0 Å². The fraction of sp³-hybridized carbons (Fsp3) is 0.387. The van der Waals surface area contributed by atoms with Crippen LogP contribution in [0.3, 0.4) is 0 Å². The Hall–Kier alpha value is -3.23. The fourth-order valence-electron chi connectivity index (χ4n) is 6.62. The maximum absolute atomic E-state index is 14.6. The van der Waals surface area contributed by atoms with Crippen molar-refractivity contribution in [2.45, 2.75) is 69.2 Å². The summed E-state index contributed by atoms with van der Waals surface area (Å²) in [4.78, 5) is 0. The third kappa shape index (κ3) is 4.74. The largest absolute Gasteiger partial charge is 0.417 e. The predicted molar refractivity (Wildman–Crippen MR) is 144 cm³/mol. The molecule has 2 aliphatic rings. The van der Waals surface area contributed by atoms with E-state index in [2.05, 4.69) is 24.2 Å². The lowest BCUT2D eigenvalue weighted by atomic mass is 9.58. The maximum atomic E-state index is 14.6. The maximum Gasteiger partial charge on any atom is 0.417 e. The van der Waals surface area contributed by atoms with E-state index in [0.717, 1.165) is 52.5 Å². The third-order valence-electron chi connectivity index (χ3n) is 8.88. The summed E-state index contributed by atoms with van der Waals surface area (Å²) in [6.07, 6.45) is -0.0258. The first kappa shape index (κ1) is 27.3. The highest BCUT2D eigenvalue weighted by molar-refractivity contribution is 5.82. The second-order valence-corrected chi connectivity index (χ2v) is 11.1. The van der Waals surface area contributed by atoms with Crippen molar-refractivity contribution in [3.63, 3.8) is 0 Å². The number of nitrogens with zero attached hydrogens (tertiary/aromatic N) is 2. The standard InChI is InChI=1S/C31H30F4N2O.H3N/c1-29-14-15-30(31(33,34)35,38-20-21-6-3-2-4-7-21)18-24(29)9-5-8-22-17-28-23(16-27(22)29)19-36-37(28)26-12-10-25(32)11-13-26;/h2-4,6-7,10-13,16-17,19,24H,5,8-9,14-15,18,20H2,1H3;1H3/t24-,29+,30-;/m1./s1. The molecule has 2 aliphatic carbocycles. The molecule has 0 amide bonds. The van der Waals surface area contributed by atoms with Crippen LogP contribution in [0.4, 0.5) is 17.6 Å². The lowest BCUT2D eigenvalue weighted by molar-refractivity contribution is -0.300. The molecule has 1 fully saturated rings. The van der Waals surface area contributed by atoms with E-state index < -0.39 is 11.8 Å². The van der Waals surface area contributed by atoms with E-state index in [9.17, 15) is 17.6 Å². The van der Waals surface area contributed by atoms with Gasteiger partial charge in [0.15, 0.2) is 5.60 Å². The lowest BCUT2D eigenvalue weighted by Gasteiger charge is -2.50. The summed E-state index contributed by atoms with van der Waals surface area (Å²) in [5, 5.41) is 5.48. The molecule has 1 heterocycles. The average Bonchev–Trinajstić information content (AvgIpc) is 3.25. The van der Waals surface area contributed by atoms with Gasteiger partial charge in [0.25, 0.3) is 0 Å². The van der Waals surface area contributed by atoms with Crippen molar-refractivity contribution in [2.24, 2.45) is 5.92 Å².